The molecule has 1 atom stereocenters. The molecule has 6 heteroatoms. The average molecular weight is 348 g/mol. The molecule has 126 valence electrons. The molecular weight excluding hydrogens is 330 g/mol. The molecule has 2 aromatic carbocycles. The summed E-state index contributed by atoms with van der Waals surface area (Å²) < 4.78 is 5.14. The number of halogens is 1. The van der Waals surface area contributed by atoms with Crippen molar-refractivity contribution in [2.24, 2.45) is 0 Å². The van der Waals surface area contributed by atoms with E-state index >= 15 is 0 Å². The van der Waals surface area contributed by atoms with E-state index in [4.69, 9.17) is 16.3 Å². The molecule has 0 aliphatic carbocycles. The van der Waals surface area contributed by atoms with Crippen LogP contribution in [0.5, 0.6) is 5.75 Å². The van der Waals surface area contributed by atoms with E-state index in [0.29, 0.717) is 11.6 Å². The van der Waals surface area contributed by atoms with Crippen LogP contribution >= 0.6 is 11.6 Å². The summed E-state index contributed by atoms with van der Waals surface area (Å²) in [6, 6.07) is 13.6. The molecule has 0 heterocycles. The fourth-order valence-electron chi connectivity index (χ4n) is 2.20. The van der Waals surface area contributed by atoms with E-state index in [2.05, 4.69) is 0 Å². The lowest BCUT2D eigenvalue weighted by Gasteiger charge is -2.21. The van der Waals surface area contributed by atoms with Crippen LogP contribution in [0.3, 0.4) is 0 Å². The Hall–Kier alpha value is -2.53. The maximum atomic E-state index is 12.3. The fraction of sp³-hybridized carbons (Fsp3) is 0.222. The molecule has 0 saturated carbocycles. The summed E-state index contributed by atoms with van der Waals surface area (Å²) in [6.07, 6.45) is -0.971. The molecule has 0 bridgehead atoms. The Morgan fingerprint density at radius 1 is 1.21 bits per heavy atom. The lowest BCUT2D eigenvalue weighted by atomic mass is 10.2. The SMILES string of the molecule is C[C@H](OC(=O)c1ccc(Cl)cc1O)C(=O)N(C)Cc1ccccc1. The minimum Gasteiger partial charge on any atom is -0.507 e. The van der Waals surface area contributed by atoms with Crippen molar-refractivity contribution in [3.05, 3.63) is 64.7 Å². The van der Waals surface area contributed by atoms with Crippen LogP contribution in [0, 0.1) is 0 Å². The number of carbonyl (C=O) groups is 2. The molecular formula is C18H18ClNO4. The Kier molecular flexibility index (Phi) is 5.82. The lowest BCUT2D eigenvalue weighted by molar-refractivity contribution is -0.139. The van der Waals surface area contributed by atoms with E-state index < -0.39 is 12.1 Å². The molecule has 2 rings (SSSR count). The minimum atomic E-state index is -0.971. The van der Waals surface area contributed by atoms with Gasteiger partial charge in [-0.15, -0.1) is 0 Å². The number of ether oxygens (including phenoxy) is 1. The summed E-state index contributed by atoms with van der Waals surface area (Å²) in [5.74, 6) is -1.40. The van der Waals surface area contributed by atoms with Gasteiger partial charge in [0.05, 0.1) is 0 Å². The molecule has 5 nitrogen and oxygen atoms in total. The summed E-state index contributed by atoms with van der Waals surface area (Å²) in [7, 11) is 1.64. The zero-order valence-corrected chi connectivity index (χ0v) is 14.2. The molecule has 0 saturated heterocycles. The summed E-state index contributed by atoms with van der Waals surface area (Å²) >= 11 is 5.72. The van der Waals surface area contributed by atoms with E-state index in [1.54, 1.807) is 7.05 Å². The largest absolute Gasteiger partial charge is 0.507 e. The predicted octanol–water partition coefficient (Wildman–Crippen LogP) is 3.25. The smallest absolute Gasteiger partial charge is 0.342 e. The van der Waals surface area contributed by atoms with E-state index in [-0.39, 0.29) is 17.2 Å². The highest BCUT2D eigenvalue weighted by Gasteiger charge is 2.23. The van der Waals surface area contributed by atoms with Crippen molar-refractivity contribution in [1.82, 2.24) is 4.90 Å². The first kappa shape index (κ1) is 17.8. The first-order valence-corrected chi connectivity index (χ1v) is 7.74. The van der Waals surface area contributed by atoms with Crippen molar-refractivity contribution >= 4 is 23.5 Å². The maximum Gasteiger partial charge on any atom is 0.342 e. The Labute approximate surface area is 145 Å². The first-order chi connectivity index (χ1) is 11.4. The number of carbonyl (C=O) groups excluding carboxylic acids is 2. The van der Waals surface area contributed by atoms with Gasteiger partial charge >= 0.3 is 5.97 Å². The van der Waals surface area contributed by atoms with Crippen LogP contribution in [0.25, 0.3) is 0 Å². The molecule has 0 fully saturated rings. The number of amides is 1. The number of esters is 1. The molecule has 0 unspecified atom stereocenters. The number of benzene rings is 2. The zero-order chi connectivity index (χ0) is 17.7. The second-order valence-corrected chi connectivity index (χ2v) is 5.83. The van der Waals surface area contributed by atoms with Crippen molar-refractivity contribution in [3.63, 3.8) is 0 Å². The van der Waals surface area contributed by atoms with Crippen LogP contribution in [0.4, 0.5) is 0 Å². The molecule has 24 heavy (non-hydrogen) atoms. The molecule has 0 aromatic heterocycles. The Morgan fingerprint density at radius 2 is 1.88 bits per heavy atom. The molecule has 0 spiro atoms. The molecule has 2 aromatic rings. The fourth-order valence-corrected chi connectivity index (χ4v) is 2.36. The second-order valence-electron chi connectivity index (χ2n) is 5.39. The number of nitrogens with zero attached hydrogens (tertiary/aromatic N) is 1. The van der Waals surface area contributed by atoms with Gasteiger partial charge in [0.1, 0.15) is 11.3 Å². The predicted molar refractivity (Wildman–Crippen MR) is 90.9 cm³/mol. The van der Waals surface area contributed by atoms with Crippen LogP contribution in [0.2, 0.25) is 5.02 Å². The third-order valence-electron chi connectivity index (χ3n) is 3.45. The molecule has 1 amide bonds. The molecule has 0 aliphatic rings. The van der Waals surface area contributed by atoms with Crippen molar-refractivity contribution < 1.29 is 19.4 Å². The zero-order valence-electron chi connectivity index (χ0n) is 13.4. The van der Waals surface area contributed by atoms with Crippen LogP contribution in [0.15, 0.2) is 48.5 Å². The Morgan fingerprint density at radius 3 is 2.50 bits per heavy atom. The van der Waals surface area contributed by atoms with Crippen molar-refractivity contribution in [2.75, 3.05) is 7.05 Å². The number of likely N-dealkylation sites (N-methyl/N-ethyl adjacent to an activating group) is 1. The van der Waals surface area contributed by atoms with Gasteiger partial charge < -0.3 is 14.7 Å². The van der Waals surface area contributed by atoms with Crippen molar-refractivity contribution in [3.8, 4) is 5.75 Å². The van der Waals surface area contributed by atoms with E-state index in [0.717, 1.165) is 5.56 Å². The van der Waals surface area contributed by atoms with Gasteiger partial charge in [-0.3, -0.25) is 4.79 Å². The number of phenolic OH excluding ortho intramolecular Hbond substituents is 1. The number of aromatic hydroxyl groups is 1. The van der Waals surface area contributed by atoms with E-state index in [1.165, 1.54) is 30.0 Å². The third-order valence-corrected chi connectivity index (χ3v) is 3.69. The summed E-state index contributed by atoms with van der Waals surface area (Å²) in [5.41, 5.74) is 0.937. The number of phenols is 1. The lowest BCUT2D eigenvalue weighted by Crippen LogP contribution is -2.37. The van der Waals surface area contributed by atoms with Crippen LogP contribution in [-0.2, 0) is 16.1 Å². The van der Waals surface area contributed by atoms with Crippen LogP contribution in [0.1, 0.15) is 22.8 Å². The monoisotopic (exact) mass is 347 g/mol. The summed E-state index contributed by atoms with van der Waals surface area (Å²) in [5, 5.41) is 10.0. The van der Waals surface area contributed by atoms with Gasteiger partial charge in [-0.1, -0.05) is 41.9 Å². The van der Waals surface area contributed by atoms with Gasteiger partial charge in [-0.25, -0.2) is 4.79 Å². The van der Waals surface area contributed by atoms with E-state index in [1.807, 2.05) is 30.3 Å². The Balaban J connectivity index is 1.99. The highest BCUT2D eigenvalue weighted by molar-refractivity contribution is 6.30. The molecule has 1 N–H and O–H groups in total. The number of hydrogen-bond donors (Lipinski definition) is 1. The Bertz CT molecular complexity index is 733. The van der Waals surface area contributed by atoms with Crippen LogP contribution < -0.4 is 0 Å². The van der Waals surface area contributed by atoms with Gasteiger partial charge in [0, 0.05) is 18.6 Å². The van der Waals surface area contributed by atoms with Crippen molar-refractivity contribution in [1.29, 1.82) is 0 Å². The number of rotatable bonds is 5. The normalized spacial score (nSPS) is 11.6. The summed E-state index contributed by atoms with van der Waals surface area (Å²) in [6.45, 7) is 1.91. The van der Waals surface area contributed by atoms with Gasteiger partial charge in [0.25, 0.3) is 5.91 Å². The van der Waals surface area contributed by atoms with Gasteiger partial charge in [-0.2, -0.15) is 0 Å². The number of hydrogen-bond acceptors (Lipinski definition) is 4. The quantitative estimate of drug-likeness (QED) is 0.843. The maximum absolute atomic E-state index is 12.3. The van der Waals surface area contributed by atoms with E-state index in [9.17, 15) is 14.7 Å². The van der Waals surface area contributed by atoms with Gasteiger partial charge in [0.15, 0.2) is 6.10 Å². The molecule has 0 aliphatic heterocycles. The average Bonchev–Trinajstić information content (AvgIpc) is 2.54. The highest BCUT2D eigenvalue weighted by atomic mass is 35.5. The van der Waals surface area contributed by atoms with Gasteiger partial charge in [-0.05, 0) is 30.7 Å². The molecule has 0 radical (unpaired) electrons. The second kappa shape index (κ2) is 7.84. The standard InChI is InChI=1S/C18H18ClNO4/c1-12(17(22)20(2)11-13-6-4-3-5-7-13)24-18(23)15-9-8-14(19)10-16(15)21/h3-10,12,21H,11H2,1-2H3/t12-/m0/s1. The van der Waals surface area contributed by atoms with Crippen LogP contribution in [-0.4, -0.2) is 35.0 Å². The minimum absolute atomic E-state index is 0.0373. The van der Waals surface area contributed by atoms with Gasteiger partial charge in [0.2, 0.25) is 0 Å². The third kappa shape index (κ3) is 4.49. The van der Waals surface area contributed by atoms with Crippen molar-refractivity contribution in [2.45, 2.75) is 19.6 Å². The first-order valence-electron chi connectivity index (χ1n) is 7.37. The summed E-state index contributed by atoms with van der Waals surface area (Å²) in [4.78, 5) is 25.9. The highest BCUT2D eigenvalue weighted by Crippen LogP contribution is 2.23. The topological polar surface area (TPSA) is 66.8 Å².